The number of allylic oxidation sites excluding steroid dienone is 1. The van der Waals surface area contributed by atoms with E-state index in [0.717, 1.165) is 0 Å². The Bertz CT molecular complexity index is 137. The molecule has 0 heterocycles. The Balaban J connectivity index is 0. The molecule has 0 aromatic rings. The number of nitrogens with one attached hydrogen (secondary N) is 1. The fourth-order valence-electron chi connectivity index (χ4n) is 0.529. The van der Waals surface area contributed by atoms with E-state index in [-0.39, 0.29) is 0 Å². The van der Waals surface area contributed by atoms with Crippen LogP contribution in [0.1, 0.15) is 34.6 Å². The molecule has 0 spiro atoms. The number of aliphatic imine (C=N–C) groups is 1. The fourth-order valence-corrected chi connectivity index (χ4v) is 0.529. The molecule has 0 fully saturated rings. The summed E-state index contributed by atoms with van der Waals surface area (Å²) in [7, 11) is 1.76. The van der Waals surface area contributed by atoms with Crippen molar-refractivity contribution in [3.05, 3.63) is 12.3 Å². The molecule has 0 aliphatic rings. The third-order valence-corrected chi connectivity index (χ3v) is 1.69. The third kappa shape index (κ3) is 11.2. The Kier molecular flexibility index (Phi) is 12.7. The zero-order chi connectivity index (χ0) is 10.7. The van der Waals surface area contributed by atoms with E-state index in [1.165, 1.54) is 0 Å². The predicted octanol–water partition coefficient (Wildman–Crippen LogP) is 2.86. The first-order valence-electron chi connectivity index (χ1n) is 5.01. The van der Waals surface area contributed by atoms with Crippen molar-refractivity contribution in [1.82, 2.24) is 5.32 Å². The Labute approximate surface area is 83.2 Å². The van der Waals surface area contributed by atoms with Crippen molar-refractivity contribution in [3.63, 3.8) is 0 Å². The van der Waals surface area contributed by atoms with E-state index in [1.54, 1.807) is 13.3 Å². The van der Waals surface area contributed by atoms with Crippen LogP contribution in [0.2, 0.25) is 0 Å². The van der Waals surface area contributed by atoms with Gasteiger partial charge in [0.1, 0.15) is 0 Å². The second-order valence-corrected chi connectivity index (χ2v) is 2.97. The van der Waals surface area contributed by atoms with Crippen LogP contribution < -0.4 is 5.32 Å². The zero-order valence-corrected chi connectivity index (χ0v) is 9.83. The van der Waals surface area contributed by atoms with Gasteiger partial charge in [-0.25, -0.2) is 0 Å². The minimum atomic E-state index is 0.525. The average Bonchev–Trinajstić information content (AvgIpc) is 2.15. The van der Waals surface area contributed by atoms with E-state index in [9.17, 15) is 0 Å². The van der Waals surface area contributed by atoms with Gasteiger partial charge in [0.05, 0.1) is 0 Å². The molecular weight excluding hydrogens is 160 g/mol. The molecule has 1 unspecified atom stereocenters. The SMILES string of the molecule is CC.CN=C/C=C\NC(C)C(C)C. The first-order chi connectivity index (χ1) is 6.18. The maximum atomic E-state index is 3.83. The van der Waals surface area contributed by atoms with Gasteiger partial charge in [0.15, 0.2) is 0 Å². The molecule has 0 aromatic heterocycles. The van der Waals surface area contributed by atoms with Crippen molar-refractivity contribution in [2.45, 2.75) is 40.7 Å². The summed E-state index contributed by atoms with van der Waals surface area (Å²) in [6.07, 6.45) is 5.59. The maximum Gasteiger partial charge on any atom is 0.0277 e. The highest BCUT2D eigenvalue weighted by atomic mass is 14.9. The van der Waals surface area contributed by atoms with Crippen molar-refractivity contribution in [2.75, 3.05) is 7.05 Å². The van der Waals surface area contributed by atoms with Crippen molar-refractivity contribution in [1.29, 1.82) is 0 Å². The lowest BCUT2D eigenvalue weighted by molar-refractivity contribution is 0.474. The Hall–Kier alpha value is -0.790. The summed E-state index contributed by atoms with van der Waals surface area (Å²) >= 11 is 0. The number of hydrogen-bond donors (Lipinski definition) is 1. The van der Waals surface area contributed by atoms with Crippen LogP contribution in [-0.2, 0) is 0 Å². The maximum absolute atomic E-state index is 3.83. The van der Waals surface area contributed by atoms with Gasteiger partial charge in [-0.3, -0.25) is 4.99 Å². The molecule has 2 nitrogen and oxygen atoms in total. The Morgan fingerprint density at radius 1 is 1.15 bits per heavy atom. The predicted molar refractivity (Wildman–Crippen MR) is 62.3 cm³/mol. The average molecular weight is 184 g/mol. The molecule has 1 atom stereocenters. The highest BCUT2D eigenvalue weighted by molar-refractivity contribution is 5.70. The molecule has 13 heavy (non-hydrogen) atoms. The highest BCUT2D eigenvalue weighted by Gasteiger charge is 2.01. The molecule has 2 heteroatoms. The molecule has 0 radical (unpaired) electrons. The van der Waals surface area contributed by atoms with Crippen LogP contribution >= 0.6 is 0 Å². The molecule has 0 bridgehead atoms. The van der Waals surface area contributed by atoms with Gasteiger partial charge in [0.25, 0.3) is 0 Å². The fraction of sp³-hybridized carbons (Fsp3) is 0.727. The van der Waals surface area contributed by atoms with Crippen molar-refractivity contribution < 1.29 is 0 Å². The van der Waals surface area contributed by atoms with Crippen molar-refractivity contribution >= 4 is 6.21 Å². The summed E-state index contributed by atoms with van der Waals surface area (Å²) in [5, 5.41) is 3.25. The minimum Gasteiger partial charge on any atom is -0.388 e. The van der Waals surface area contributed by atoms with E-state index in [2.05, 4.69) is 31.1 Å². The summed E-state index contributed by atoms with van der Waals surface area (Å²) in [6.45, 7) is 10.6. The van der Waals surface area contributed by atoms with E-state index >= 15 is 0 Å². The van der Waals surface area contributed by atoms with E-state index in [1.807, 2.05) is 26.1 Å². The smallest absolute Gasteiger partial charge is 0.0277 e. The summed E-state index contributed by atoms with van der Waals surface area (Å²) in [4.78, 5) is 3.83. The van der Waals surface area contributed by atoms with Gasteiger partial charge in [-0.1, -0.05) is 27.7 Å². The normalized spacial score (nSPS) is 13.2. The van der Waals surface area contributed by atoms with Gasteiger partial charge in [0.2, 0.25) is 0 Å². The van der Waals surface area contributed by atoms with Gasteiger partial charge in [-0.15, -0.1) is 0 Å². The van der Waals surface area contributed by atoms with Gasteiger partial charge >= 0.3 is 0 Å². The van der Waals surface area contributed by atoms with Gasteiger partial charge in [0, 0.05) is 19.3 Å². The molecule has 78 valence electrons. The van der Waals surface area contributed by atoms with Crippen molar-refractivity contribution in [3.8, 4) is 0 Å². The van der Waals surface area contributed by atoms with Gasteiger partial charge in [-0.05, 0) is 25.1 Å². The second kappa shape index (κ2) is 11.2. The van der Waals surface area contributed by atoms with Crippen LogP contribution in [0.25, 0.3) is 0 Å². The molecule has 0 saturated heterocycles. The lowest BCUT2D eigenvalue weighted by Crippen LogP contribution is -2.25. The monoisotopic (exact) mass is 184 g/mol. The number of hydrogen-bond acceptors (Lipinski definition) is 2. The standard InChI is InChI=1S/C9H18N2.C2H6/c1-8(2)9(3)11-7-5-6-10-4;1-2/h5-9,11H,1-4H3;1-2H3/b7-5-,10-6?;. The van der Waals surface area contributed by atoms with E-state index < -0.39 is 0 Å². The summed E-state index contributed by atoms with van der Waals surface area (Å²) < 4.78 is 0. The van der Waals surface area contributed by atoms with Crippen LogP contribution in [0.5, 0.6) is 0 Å². The van der Waals surface area contributed by atoms with Gasteiger partial charge < -0.3 is 5.32 Å². The third-order valence-electron chi connectivity index (χ3n) is 1.69. The molecule has 0 rings (SSSR count). The van der Waals surface area contributed by atoms with Crippen LogP contribution in [0.3, 0.4) is 0 Å². The summed E-state index contributed by atoms with van der Waals surface area (Å²) in [6, 6.07) is 0.525. The van der Waals surface area contributed by atoms with Crippen LogP contribution in [0.15, 0.2) is 17.3 Å². The highest BCUT2D eigenvalue weighted by Crippen LogP contribution is 1.98. The Morgan fingerprint density at radius 3 is 2.08 bits per heavy atom. The van der Waals surface area contributed by atoms with Crippen LogP contribution in [-0.4, -0.2) is 19.3 Å². The topological polar surface area (TPSA) is 24.4 Å². The van der Waals surface area contributed by atoms with Gasteiger partial charge in [-0.2, -0.15) is 0 Å². The Morgan fingerprint density at radius 2 is 1.69 bits per heavy atom. The van der Waals surface area contributed by atoms with E-state index in [4.69, 9.17) is 0 Å². The van der Waals surface area contributed by atoms with E-state index in [0.29, 0.717) is 12.0 Å². The molecule has 0 aromatic carbocycles. The molecule has 0 aliphatic carbocycles. The lowest BCUT2D eigenvalue weighted by atomic mass is 10.1. The zero-order valence-electron chi connectivity index (χ0n) is 9.83. The number of rotatable bonds is 4. The minimum absolute atomic E-state index is 0.525. The first-order valence-corrected chi connectivity index (χ1v) is 5.01. The summed E-state index contributed by atoms with van der Waals surface area (Å²) in [5.41, 5.74) is 0. The molecule has 0 aliphatic heterocycles. The molecule has 0 saturated carbocycles. The summed E-state index contributed by atoms with van der Waals surface area (Å²) in [5.74, 6) is 0.665. The largest absolute Gasteiger partial charge is 0.388 e. The van der Waals surface area contributed by atoms with Crippen molar-refractivity contribution in [2.24, 2.45) is 10.9 Å². The second-order valence-electron chi connectivity index (χ2n) is 2.97. The van der Waals surface area contributed by atoms with Crippen LogP contribution in [0, 0.1) is 5.92 Å². The molecule has 0 amide bonds. The molecular formula is C11H24N2. The van der Waals surface area contributed by atoms with Crippen LogP contribution in [0.4, 0.5) is 0 Å². The number of nitrogens with zero attached hydrogens (tertiary/aromatic N) is 1. The first kappa shape index (κ1) is 14.7. The molecule has 1 N–H and O–H groups in total. The quantitative estimate of drug-likeness (QED) is 0.668. The lowest BCUT2D eigenvalue weighted by Gasteiger charge is -2.14.